The fourth-order valence-electron chi connectivity index (χ4n) is 1.94. The van der Waals surface area contributed by atoms with E-state index in [1.54, 1.807) is 0 Å². The molecule has 0 aliphatic carbocycles. The molecule has 18 heavy (non-hydrogen) atoms. The first kappa shape index (κ1) is 14.6. The summed E-state index contributed by atoms with van der Waals surface area (Å²) in [6, 6.07) is 7.53. The van der Waals surface area contributed by atoms with Crippen LogP contribution in [0.25, 0.3) is 0 Å². The summed E-state index contributed by atoms with van der Waals surface area (Å²) in [5.74, 6) is 0.218. The van der Waals surface area contributed by atoms with E-state index in [0.717, 1.165) is 43.6 Å². The molecule has 0 radical (unpaired) electrons. The summed E-state index contributed by atoms with van der Waals surface area (Å²) in [7, 11) is 0. The third-order valence-electron chi connectivity index (χ3n) is 2.95. The second kappa shape index (κ2) is 7.75. The molecule has 0 aliphatic rings. The predicted molar refractivity (Wildman–Crippen MR) is 77.6 cm³/mol. The highest BCUT2D eigenvalue weighted by Crippen LogP contribution is 2.18. The molecule has 0 aliphatic heterocycles. The molecule has 1 aromatic carbocycles. The average Bonchev–Trinajstić information content (AvgIpc) is 2.37. The maximum absolute atomic E-state index is 12.2. The number of nitrogen functional groups attached to an aromatic ring is 1. The lowest BCUT2D eigenvalue weighted by molar-refractivity contribution is -0.118. The molecule has 0 fully saturated rings. The molecule has 1 amide bonds. The normalized spacial score (nSPS) is 10.3. The Morgan fingerprint density at radius 3 is 2.33 bits per heavy atom. The van der Waals surface area contributed by atoms with Crippen molar-refractivity contribution >= 4 is 17.3 Å². The first-order valence-electron chi connectivity index (χ1n) is 6.85. The molecular weight excluding hydrogens is 224 g/mol. The first-order valence-corrected chi connectivity index (χ1v) is 6.85. The van der Waals surface area contributed by atoms with Crippen LogP contribution in [-0.2, 0) is 4.79 Å². The molecule has 0 atom stereocenters. The fraction of sp³-hybridized carbons (Fsp3) is 0.533. The summed E-state index contributed by atoms with van der Waals surface area (Å²) >= 11 is 0. The Hall–Kier alpha value is -1.51. The van der Waals surface area contributed by atoms with E-state index in [9.17, 15) is 4.79 Å². The fourth-order valence-corrected chi connectivity index (χ4v) is 1.94. The van der Waals surface area contributed by atoms with Crippen molar-refractivity contribution in [3.05, 3.63) is 24.3 Å². The highest BCUT2D eigenvalue weighted by molar-refractivity contribution is 5.93. The maximum Gasteiger partial charge on any atom is 0.226 e. The van der Waals surface area contributed by atoms with Crippen LogP contribution in [0.4, 0.5) is 11.4 Å². The lowest BCUT2D eigenvalue weighted by Gasteiger charge is -2.22. The van der Waals surface area contributed by atoms with Gasteiger partial charge in [0.1, 0.15) is 0 Å². The van der Waals surface area contributed by atoms with Gasteiger partial charge in [0.05, 0.1) is 0 Å². The molecule has 3 nitrogen and oxygen atoms in total. The third-order valence-corrected chi connectivity index (χ3v) is 2.95. The zero-order valence-electron chi connectivity index (χ0n) is 11.5. The summed E-state index contributed by atoms with van der Waals surface area (Å²) in [5, 5.41) is 0. The van der Waals surface area contributed by atoms with Gasteiger partial charge in [0.15, 0.2) is 0 Å². The average molecular weight is 248 g/mol. The number of carbonyl (C=O) groups is 1. The van der Waals surface area contributed by atoms with Crippen LogP contribution in [0.3, 0.4) is 0 Å². The minimum absolute atomic E-state index is 0.218. The van der Waals surface area contributed by atoms with Crippen LogP contribution in [-0.4, -0.2) is 12.5 Å². The van der Waals surface area contributed by atoms with Crippen molar-refractivity contribution in [2.45, 2.75) is 46.0 Å². The van der Waals surface area contributed by atoms with Crippen LogP contribution in [0.5, 0.6) is 0 Å². The Morgan fingerprint density at radius 2 is 1.78 bits per heavy atom. The van der Waals surface area contributed by atoms with E-state index in [-0.39, 0.29) is 5.91 Å². The SMILES string of the molecule is CCCCCC(=O)N(CCC)c1ccc(N)cc1. The van der Waals surface area contributed by atoms with E-state index in [1.165, 1.54) is 0 Å². The molecule has 0 heterocycles. The summed E-state index contributed by atoms with van der Waals surface area (Å²) in [5.41, 5.74) is 7.35. The minimum atomic E-state index is 0.218. The summed E-state index contributed by atoms with van der Waals surface area (Å²) in [4.78, 5) is 14.1. The quantitative estimate of drug-likeness (QED) is 0.592. The Bertz CT molecular complexity index is 359. The van der Waals surface area contributed by atoms with Crippen LogP contribution < -0.4 is 10.6 Å². The standard InChI is InChI=1S/C15H24N2O/c1-3-5-6-7-15(18)17(12-4-2)14-10-8-13(16)9-11-14/h8-11H,3-7,12,16H2,1-2H3. The van der Waals surface area contributed by atoms with Crippen molar-refractivity contribution in [3.63, 3.8) is 0 Å². The number of nitrogens with two attached hydrogens (primary N) is 1. The molecule has 0 saturated carbocycles. The van der Waals surface area contributed by atoms with Crippen LogP contribution in [0.1, 0.15) is 46.0 Å². The maximum atomic E-state index is 12.2. The Kier molecular flexibility index (Phi) is 6.26. The zero-order chi connectivity index (χ0) is 13.4. The van der Waals surface area contributed by atoms with Gasteiger partial charge in [-0.05, 0) is 37.1 Å². The second-order valence-electron chi connectivity index (χ2n) is 4.59. The number of nitrogens with zero attached hydrogens (tertiary/aromatic N) is 1. The molecule has 0 bridgehead atoms. The van der Waals surface area contributed by atoms with Gasteiger partial charge in [0.2, 0.25) is 5.91 Å². The molecule has 1 rings (SSSR count). The molecule has 3 heteroatoms. The third kappa shape index (κ3) is 4.40. The van der Waals surface area contributed by atoms with Crippen molar-refractivity contribution in [2.24, 2.45) is 0 Å². The number of unbranched alkanes of at least 4 members (excludes halogenated alkanes) is 2. The van der Waals surface area contributed by atoms with E-state index in [1.807, 2.05) is 29.2 Å². The highest BCUT2D eigenvalue weighted by Gasteiger charge is 2.13. The number of hydrogen-bond acceptors (Lipinski definition) is 2. The van der Waals surface area contributed by atoms with Crippen LogP contribution in [0.2, 0.25) is 0 Å². The van der Waals surface area contributed by atoms with E-state index >= 15 is 0 Å². The van der Waals surface area contributed by atoms with Crippen LogP contribution in [0.15, 0.2) is 24.3 Å². The lowest BCUT2D eigenvalue weighted by atomic mass is 10.1. The zero-order valence-corrected chi connectivity index (χ0v) is 11.5. The highest BCUT2D eigenvalue weighted by atomic mass is 16.2. The van der Waals surface area contributed by atoms with Crippen LogP contribution in [0, 0.1) is 0 Å². The Balaban J connectivity index is 2.69. The molecule has 100 valence electrons. The van der Waals surface area contributed by atoms with E-state index in [4.69, 9.17) is 5.73 Å². The molecule has 0 saturated heterocycles. The van der Waals surface area contributed by atoms with Gasteiger partial charge < -0.3 is 10.6 Å². The monoisotopic (exact) mass is 248 g/mol. The molecule has 2 N–H and O–H groups in total. The van der Waals surface area contributed by atoms with Gasteiger partial charge in [-0.25, -0.2) is 0 Å². The van der Waals surface area contributed by atoms with Gasteiger partial charge in [0, 0.05) is 24.3 Å². The van der Waals surface area contributed by atoms with Crippen molar-refractivity contribution in [2.75, 3.05) is 17.2 Å². The van der Waals surface area contributed by atoms with Crippen LogP contribution >= 0.6 is 0 Å². The van der Waals surface area contributed by atoms with Crippen molar-refractivity contribution in [1.29, 1.82) is 0 Å². The van der Waals surface area contributed by atoms with E-state index in [2.05, 4.69) is 13.8 Å². The molecular formula is C15H24N2O. The molecule has 0 spiro atoms. The number of rotatable bonds is 7. The Labute approximate surface area is 110 Å². The van der Waals surface area contributed by atoms with Gasteiger partial charge in [-0.3, -0.25) is 4.79 Å². The number of anilines is 2. The van der Waals surface area contributed by atoms with Gasteiger partial charge in [0.25, 0.3) is 0 Å². The largest absolute Gasteiger partial charge is 0.399 e. The van der Waals surface area contributed by atoms with E-state index in [0.29, 0.717) is 6.42 Å². The number of hydrogen-bond donors (Lipinski definition) is 1. The molecule has 0 unspecified atom stereocenters. The number of benzene rings is 1. The molecule has 1 aromatic rings. The summed E-state index contributed by atoms with van der Waals surface area (Å²) in [6.07, 6.45) is 4.84. The van der Waals surface area contributed by atoms with Gasteiger partial charge in [-0.1, -0.05) is 26.7 Å². The smallest absolute Gasteiger partial charge is 0.226 e. The summed E-state index contributed by atoms with van der Waals surface area (Å²) in [6.45, 7) is 5.01. The van der Waals surface area contributed by atoms with Crippen molar-refractivity contribution < 1.29 is 4.79 Å². The van der Waals surface area contributed by atoms with Crippen molar-refractivity contribution in [3.8, 4) is 0 Å². The van der Waals surface area contributed by atoms with Crippen molar-refractivity contribution in [1.82, 2.24) is 0 Å². The number of carbonyl (C=O) groups excluding carboxylic acids is 1. The first-order chi connectivity index (χ1) is 8.69. The van der Waals surface area contributed by atoms with Gasteiger partial charge in [-0.15, -0.1) is 0 Å². The second-order valence-corrected chi connectivity index (χ2v) is 4.59. The Morgan fingerprint density at radius 1 is 1.11 bits per heavy atom. The van der Waals surface area contributed by atoms with Gasteiger partial charge >= 0.3 is 0 Å². The van der Waals surface area contributed by atoms with Gasteiger partial charge in [-0.2, -0.15) is 0 Å². The minimum Gasteiger partial charge on any atom is -0.399 e. The predicted octanol–water partition coefficient (Wildman–Crippen LogP) is 3.59. The number of amides is 1. The van der Waals surface area contributed by atoms with E-state index < -0.39 is 0 Å². The lowest BCUT2D eigenvalue weighted by Crippen LogP contribution is -2.31. The topological polar surface area (TPSA) is 46.3 Å². The molecule has 0 aromatic heterocycles. The summed E-state index contributed by atoms with van der Waals surface area (Å²) < 4.78 is 0.